The van der Waals surface area contributed by atoms with Gasteiger partial charge in [0.15, 0.2) is 5.82 Å². The molecule has 3 heterocycles. The van der Waals surface area contributed by atoms with Crippen LogP contribution in [0.2, 0.25) is 0 Å². The second-order valence-electron chi connectivity index (χ2n) is 3.97. The van der Waals surface area contributed by atoms with Gasteiger partial charge in [0.05, 0.1) is 5.69 Å². The lowest BCUT2D eigenvalue weighted by Gasteiger charge is -1.98. The second kappa shape index (κ2) is 4.97. The summed E-state index contributed by atoms with van der Waals surface area (Å²) in [7, 11) is 0. The summed E-state index contributed by atoms with van der Waals surface area (Å²) < 4.78 is 6.68. The van der Waals surface area contributed by atoms with E-state index in [-0.39, 0.29) is 0 Å². The molecule has 0 aliphatic carbocycles. The van der Waals surface area contributed by atoms with Crippen LogP contribution in [0.1, 0.15) is 11.5 Å². The van der Waals surface area contributed by atoms with Crippen LogP contribution < -0.4 is 5.32 Å². The normalized spacial score (nSPS) is 11.1. The Morgan fingerprint density at radius 3 is 3.17 bits per heavy atom. The van der Waals surface area contributed by atoms with Crippen molar-refractivity contribution in [3.05, 3.63) is 48.5 Å². The van der Waals surface area contributed by atoms with E-state index in [1.807, 2.05) is 35.0 Å². The molecule has 0 atom stereocenters. The average molecular weight is 243 g/mol. The maximum atomic E-state index is 4.67. The minimum absolute atomic E-state index is 0.720. The second-order valence-corrected chi connectivity index (χ2v) is 3.97. The van der Waals surface area contributed by atoms with Crippen molar-refractivity contribution in [2.24, 2.45) is 0 Å². The van der Waals surface area contributed by atoms with Crippen LogP contribution in [0.15, 0.2) is 41.5 Å². The highest BCUT2D eigenvalue weighted by molar-refractivity contribution is 5.39. The van der Waals surface area contributed by atoms with Gasteiger partial charge in [0.2, 0.25) is 6.39 Å². The fourth-order valence-corrected chi connectivity index (χ4v) is 1.79. The van der Waals surface area contributed by atoms with Crippen molar-refractivity contribution < 1.29 is 4.52 Å². The van der Waals surface area contributed by atoms with Crippen LogP contribution in [0.5, 0.6) is 0 Å². The molecule has 0 radical (unpaired) electrons. The number of aromatic nitrogens is 4. The SMILES string of the molecule is c1ccn2cc(CNCCc3ncon3)nc2c1. The van der Waals surface area contributed by atoms with Gasteiger partial charge in [-0.1, -0.05) is 11.2 Å². The van der Waals surface area contributed by atoms with E-state index in [9.17, 15) is 0 Å². The third-order valence-electron chi connectivity index (χ3n) is 2.65. The first-order chi connectivity index (χ1) is 8.92. The zero-order chi connectivity index (χ0) is 12.2. The fraction of sp³-hybridized carbons (Fsp3) is 0.250. The van der Waals surface area contributed by atoms with Gasteiger partial charge in [-0.2, -0.15) is 4.98 Å². The topological polar surface area (TPSA) is 68.2 Å². The van der Waals surface area contributed by atoms with Gasteiger partial charge >= 0.3 is 0 Å². The smallest absolute Gasteiger partial charge is 0.213 e. The van der Waals surface area contributed by atoms with Crippen LogP contribution in [-0.2, 0) is 13.0 Å². The van der Waals surface area contributed by atoms with Crippen LogP contribution in [0, 0.1) is 0 Å². The Kier molecular flexibility index (Phi) is 3.01. The number of hydrogen-bond donors (Lipinski definition) is 1. The van der Waals surface area contributed by atoms with Crippen LogP contribution in [0.25, 0.3) is 5.65 Å². The highest BCUT2D eigenvalue weighted by atomic mass is 16.5. The Balaban J connectivity index is 1.53. The fourth-order valence-electron chi connectivity index (χ4n) is 1.79. The predicted octanol–water partition coefficient (Wildman–Crippen LogP) is 1.05. The third-order valence-corrected chi connectivity index (χ3v) is 2.65. The lowest BCUT2D eigenvalue weighted by Crippen LogP contribution is -2.17. The summed E-state index contributed by atoms with van der Waals surface area (Å²) in [4.78, 5) is 8.46. The molecule has 0 unspecified atom stereocenters. The summed E-state index contributed by atoms with van der Waals surface area (Å²) >= 11 is 0. The van der Waals surface area contributed by atoms with Crippen LogP contribution in [0.4, 0.5) is 0 Å². The molecule has 0 aliphatic rings. The summed E-state index contributed by atoms with van der Waals surface area (Å²) in [5, 5.41) is 7.05. The Morgan fingerprint density at radius 2 is 2.33 bits per heavy atom. The van der Waals surface area contributed by atoms with E-state index in [1.165, 1.54) is 6.39 Å². The van der Waals surface area contributed by atoms with E-state index in [0.29, 0.717) is 0 Å². The van der Waals surface area contributed by atoms with Gasteiger partial charge in [-0.3, -0.25) is 0 Å². The van der Waals surface area contributed by atoms with E-state index < -0.39 is 0 Å². The van der Waals surface area contributed by atoms with Gasteiger partial charge in [0.1, 0.15) is 5.65 Å². The van der Waals surface area contributed by atoms with Gasteiger partial charge in [0, 0.05) is 31.9 Å². The number of nitrogens with zero attached hydrogens (tertiary/aromatic N) is 4. The monoisotopic (exact) mass is 243 g/mol. The summed E-state index contributed by atoms with van der Waals surface area (Å²) in [5.41, 5.74) is 1.99. The zero-order valence-corrected chi connectivity index (χ0v) is 9.78. The molecule has 0 saturated carbocycles. The molecule has 6 heteroatoms. The van der Waals surface area contributed by atoms with Gasteiger partial charge in [0.25, 0.3) is 0 Å². The molecule has 92 valence electrons. The average Bonchev–Trinajstić information content (AvgIpc) is 3.03. The van der Waals surface area contributed by atoms with Crippen molar-refractivity contribution in [3.8, 4) is 0 Å². The Labute approximate surface area is 104 Å². The Bertz CT molecular complexity index is 583. The van der Waals surface area contributed by atoms with Crippen molar-refractivity contribution in [1.82, 2.24) is 24.8 Å². The molecule has 0 aromatic carbocycles. The van der Waals surface area contributed by atoms with Crippen LogP contribution >= 0.6 is 0 Å². The van der Waals surface area contributed by atoms with Crippen LogP contribution in [-0.4, -0.2) is 26.1 Å². The first kappa shape index (κ1) is 10.9. The molecular weight excluding hydrogens is 230 g/mol. The summed E-state index contributed by atoms with van der Waals surface area (Å²) in [6.45, 7) is 1.53. The minimum atomic E-state index is 0.720. The number of pyridine rings is 1. The van der Waals surface area contributed by atoms with Crippen molar-refractivity contribution in [3.63, 3.8) is 0 Å². The molecule has 0 spiro atoms. The minimum Gasteiger partial charge on any atom is -0.343 e. The molecule has 18 heavy (non-hydrogen) atoms. The van der Waals surface area contributed by atoms with Gasteiger partial charge in [-0.05, 0) is 12.1 Å². The summed E-state index contributed by atoms with van der Waals surface area (Å²) in [5.74, 6) is 0.720. The molecule has 0 bridgehead atoms. The molecular formula is C12H13N5O. The van der Waals surface area contributed by atoms with E-state index in [4.69, 9.17) is 0 Å². The van der Waals surface area contributed by atoms with E-state index in [1.54, 1.807) is 0 Å². The molecule has 3 aromatic heterocycles. The van der Waals surface area contributed by atoms with E-state index in [2.05, 4.69) is 25.0 Å². The van der Waals surface area contributed by atoms with Crippen LogP contribution in [0.3, 0.4) is 0 Å². The number of rotatable bonds is 5. The molecule has 0 amide bonds. The maximum absolute atomic E-state index is 4.67. The molecule has 1 N–H and O–H groups in total. The van der Waals surface area contributed by atoms with Crippen molar-refractivity contribution >= 4 is 5.65 Å². The Hall–Kier alpha value is -2.21. The first-order valence-corrected chi connectivity index (χ1v) is 5.80. The zero-order valence-electron chi connectivity index (χ0n) is 9.78. The molecule has 0 aliphatic heterocycles. The van der Waals surface area contributed by atoms with Gasteiger partial charge < -0.3 is 14.2 Å². The van der Waals surface area contributed by atoms with Gasteiger partial charge in [-0.15, -0.1) is 0 Å². The predicted molar refractivity (Wildman–Crippen MR) is 64.9 cm³/mol. The standard InChI is InChI=1S/C12H13N5O/c1-2-6-17-8-10(15-12(17)3-1)7-13-5-4-11-14-9-18-16-11/h1-3,6,8-9,13H,4-5,7H2. The molecule has 0 fully saturated rings. The lowest BCUT2D eigenvalue weighted by atomic mass is 10.4. The quantitative estimate of drug-likeness (QED) is 0.678. The lowest BCUT2D eigenvalue weighted by molar-refractivity contribution is 0.409. The first-order valence-electron chi connectivity index (χ1n) is 5.80. The molecule has 3 rings (SSSR count). The van der Waals surface area contributed by atoms with Crippen molar-refractivity contribution in [1.29, 1.82) is 0 Å². The number of hydrogen-bond acceptors (Lipinski definition) is 5. The highest BCUT2D eigenvalue weighted by Gasteiger charge is 2.01. The highest BCUT2D eigenvalue weighted by Crippen LogP contribution is 2.03. The van der Waals surface area contributed by atoms with Crippen molar-refractivity contribution in [2.75, 3.05) is 6.54 Å². The molecule has 6 nitrogen and oxygen atoms in total. The largest absolute Gasteiger partial charge is 0.343 e. The molecule has 0 saturated heterocycles. The Morgan fingerprint density at radius 1 is 1.33 bits per heavy atom. The number of nitrogens with one attached hydrogen (secondary N) is 1. The maximum Gasteiger partial charge on any atom is 0.213 e. The number of imidazole rings is 1. The van der Waals surface area contributed by atoms with Crippen molar-refractivity contribution in [2.45, 2.75) is 13.0 Å². The van der Waals surface area contributed by atoms with E-state index in [0.717, 1.165) is 36.7 Å². The summed E-state index contributed by atoms with van der Waals surface area (Å²) in [6.07, 6.45) is 6.11. The van der Waals surface area contributed by atoms with Gasteiger partial charge in [-0.25, -0.2) is 4.98 Å². The molecule has 3 aromatic rings. The van der Waals surface area contributed by atoms with E-state index >= 15 is 0 Å². The third kappa shape index (κ3) is 2.38. The summed E-state index contributed by atoms with van der Waals surface area (Å²) in [6, 6.07) is 5.96. The number of fused-ring (bicyclic) bond motifs is 1.